The van der Waals surface area contributed by atoms with Gasteiger partial charge in [0.25, 0.3) is 0 Å². The molecule has 2 aliphatic rings. The summed E-state index contributed by atoms with van der Waals surface area (Å²) in [6.45, 7) is 2.35. The van der Waals surface area contributed by atoms with Crippen LogP contribution in [-0.4, -0.2) is 4.57 Å². The van der Waals surface area contributed by atoms with Gasteiger partial charge in [0, 0.05) is 17.6 Å². The van der Waals surface area contributed by atoms with Crippen LogP contribution in [0.25, 0.3) is 10.9 Å². The first kappa shape index (κ1) is 8.86. The molecule has 16 heavy (non-hydrogen) atoms. The van der Waals surface area contributed by atoms with Gasteiger partial charge in [0.2, 0.25) is 0 Å². The Morgan fingerprint density at radius 2 is 2.06 bits per heavy atom. The van der Waals surface area contributed by atoms with Crippen LogP contribution in [-0.2, 0) is 6.42 Å². The Morgan fingerprint density at radius 1 is 1.19 bits per heavy atom. The highest BCUT2D eigenvalue weighted by molar-refractivity contribution is 5.88. The van der Waals surface area contributed by atoms with E-state index in [-0.39, 0.29) is 0 Å². The zero-order valence-electron chi connectivity index (χ0n) is 9.74. The fourth-order valence-corrected chi connectivity index (χ4v) is 3.19. The fourth-order valence-electron chi connectivity index (χ4n) is 3.19. The number of hydrogen-bond donors (Lipinski definition) is 0. The largest absolute Gasteiger partial charge is 0.344 e. The molecule has 0 spiro atoms. The van der Waals surface area contributed by atoms with Gasteiger partial charge in [-0.25, -0.2) is 0 Å². The number of para-hydroxylation sites is 1. The zero-order valence-corrected chi connectivity index (χ0v) is 9.74. The molecule has 2 aromatic rings. The predicted molar refractivity (Wildman–Crippen MR) is 66.9 cm³/mol. The van der Waals surface area contributed by atoms with Gasteiger partial charge in [-0.1, -0.05) is 18.2 Å². The molecule has 1 aromatic carbocycles. The highest BCUT2D eigenvalue weighted by atomic mass is 15.0. The van der Waals surface area contributed by atoms with Crippen LogP contribution in [0.5, 0.6) is 0 Å². The van der Waals surface area contributed by atoms with E-state index in [0.717, 1.165) is 5.92 Å². The van der Waals surface area contributed by atoms with Crippen molar-refractivity contribution in [1.82, 2.24) is 4.57 Å². The summed E-state index contributed by atoms with van der Waals surface area (Å²) in [6, 6.07) is 7.55. The standard InChI is InChI=1S/C15H17N/c1-10-5-6-12-3-2-4-13-14(11-7-8-11)9-16(10)15(12)13/h2-4,9-11H,5-8H2,1H3/t10-/m1/s1. The molecule has 1 fully saturated rings. The molecular weight excluding hydrogens is 194 g/mol. The molecule has 0 saturated heterocycles. The Kier molecular flexibility index (Phi) is 1.61. The Morgan fingerprint density at radius 3 is 2.88 bits per heavy atom. The van der Waals surface area contributed by atoms with Crippen LogP contribution in [0.4, 0.5) is 0 Å². The smallest absolute Gasteiger partial charge is 0.0518 e. The van der Waals surface area contributed by atoms with Crippen molar-refractivity contribution in [3.8, 4) is 0 Å². The molecule has 4 rings (SSSR count). The van der Waals surface area contributed by atoms with Gasteiger partial charge < -0.3 is 4.57 Å². The van der Waals surface area contributed by atoms with Gasteiger partial charge in [-0.15, -0.1) is 0 Å². The lowest BCUT2D eigenvalue weighted by Crippen LogP contribution is -2.11. The van der Waals surface area contributed by atoms with Crippen LogP contribution in [0.1, 0.15) is 49.3 Å². The summed E-state index contributed by atoms with van der Waals surface area (Å²) in [7, 11) is 0. The number of rotatable bonds is 1. The summed E-state index contributed by atoms with van der Waals surface area (Å²) in [5.41, 5.74) is 4.70. The van der Waals surface area contributed by atoms with Crippen LogP contribution < -0.4 is 0 Å². The molecule has 2 heterocycles. The van der Waals surface area contributed by atoms with Crippen molar-refractivity contribution in [2.75, 3.05) is 0 Å². The van der Waals surface area contributed by atoms with Crippen LogP contribution in [0, 0.1) is 0 Å². The van der Waals surface area contributed by atoms with E-state index in [2.05, 4.69) is 35.9 Å². The highest BCUT2D eigenvalue weighted by Crippen LogP contribution is 2.46. The number of benzene rings is 1. The van der Waals surface area contributed by atoms with Gasteiger partial charge in [-0.3, -0.25) is 0 Å². The van der Waals surface area contributed by atoms with Crippen molar-refractivity contribution >= 4 is 10.9 Å². The van der Waals surface area contributed by atoms with Crippen LogP contribution in [0.3, 0.4) is 0 Å². The Bertz CT molecular complexity index is 560. The van der Waals surface area contributed by atoms with Gasteiger partial charge in [-0.05, 0) is 49.7 Å². The second-order valence-electron chi connectivity index (χ2n) is 5.47. The van der Waals surface area contributed by atoms with E-state index < -0.39 is 0 Å². The molecule has 82 valence electrons. The zero-order chi connectivity index (χ0) is 10.7. The maximum Gasteiger partial charge on any atom is 0.0518 e. The molecule has 0 amide bonds. The Hall–Kier alpha value is -1.24. The van der Waals surface area contributed by atoms with Gasteiger partial charge >= 0.3 is 0 Å². The summed E-state index contributed by atoms with van der Waals surface area (Å²) in [5, 5.41) is 1.53. The van der Waals surface area contributed by atoms with Gasteiger partial charge in [-0.2, -0.15) is 0 Å². The number of aromatic nitrogens is 1. The normalized spacial score (nSPS) is 23.9. The molecular formula is C15H17N. The van der Waals surface area contributed by atoms with E-state index in [1.54, 1.807) is 11.1 Å². The van der Waals surface area contributed by atoms with E-state index >= 15 is 0 Å². The maximum atomic E-state index is 2.53. The third-order valence-corrected chi connectivity index (χ3v) is 4.29. The van der Waals surface area contributed by atoms with E-state index in [0.29, 0.717) is 6.04 Å². The first-order valence-corrected chi connectivity index (χ1v) is 6.47. The minimum Gasteiger partial charge on any atom is -0.344 e. The topological polar surface area (TPSA) is 4.93 Å². The predicted octanol–water partition coefficient (Wildman–Crippen LogP) is 4.03. The van der Waals surface area contributed by atoms with Gasteiger partial charge in [0.15, 0.2) is 0 Å². The monoisotopic (exact) mass is 211 g/mol. The van der Waals surface area contributed by atoms with E-state index in [1.807, 2.05) is 0 Å². The molecule has 1 aromatic heterocycles. The number of nitrogens with zero attached hydrogens (tertiary/aromatic N) is 1. The van der Waals surface area contributed by atoms with Gasteiger partial charge in [0.05, 0.1) is 5.52 Å². The molecule has 1 heteroatoms. The number of aryl methyl sites for hydroxylation is 1. The lowest BCUT2D eigenvalue weighted by atomic mass is 9.98. The van der Waals surface area contributed by atoms with Crippen molar-refractivity contribution in [3.63, 3.8) is 0 Å². The first-order valence-electron chi connectivity index (χ1n) is 6.47. The van der Waals surface area contributed by atoms with Crippen molar-refractivity contribution in [2.24, 2.45) is 0 Å². The molecule has 1 aliphatic heterocycles. The fraction of sp³-hybridized carbons (Fsp3) is 0.467. The lowest BCUT2D eigenvalue weighted by Gasteiger charge is -2.22. The summed E-state index contributed by atoms with van der Waals surface area (Å²) >= 11 is 0. The molecule has 0 unspecified atom stereocenters. The van der Waals surface area contributed by atoms with Gasteiger partial charge in [0.1, 0.15) is 0 Å². The minimum atomic E-state index is 0.685. The SMILES string of the molecule is C[C@@H]1CCc2cccc3c(C4CC4)cn1c23. The van der Waals surface area contributed by atoms with Crippen molar-refractivity contribution < 1.29 is 0 Å². The lowest BCUT2D eigenvalue weighted by molar-refractivity contribution is 0.503. The van der Waals surface area contributed by atoms with Crippen molar-refractivity contribution in [3.05, 3.63) is 35.5 Å². The Balaban J connectivity index is 2.09. The first-order chi connectivity index (χ1) is 7.84. The van der Waals surface area contributed by atoms with Crippen molar-refractivity contribution in [2.45, 2.75) is 44.6 Å². The Labute approximate surface area is 96.1 Å². The molecule has 1 aliphatic carbocycles. The summed E-state index contributed by atoms with van der Waals surface area (Å²) in [5.74, 6) is 0.865. The van der Waals surface area contributed by atoms with E-state index in [9.17, 15) is 0 Å². The van der Waals surface area contributed by atoms with Crippen LogP contribution in [0.2, 0.25) is 0 Å². The molecule has 1 atom stereocenters. The molecule has 1 saturated carbocycles. The molecule has 0 bridgehead atoms. The average Bonchev–Trinajstić information content (AvgIpc) is 3.07. The van der Waals surface area contributed by atoms with Crippen LogP contribution in [0.15, 0.2) is 24.4 Å². The average molecular weight is 211 g/mol. The molecule has 0 N–H and O–H groups in total. The third-order valence-electron chi connectivity index (χ3n) is 4.29. The molecule has 0 radical (unpaired) electrons. The number of hydrogen-bond acceptors (Lipinski definition) is 0. The minimum absolute atomic E-state index is 0.685. The molecule has 1 nitrogen and oxygen atoms in total. The second-order valence-corrected chi connectivity index (χ2v) is 5.47. The summed E-state index contributed by atoms with van der Waals surface area (Å²) in [6.07, 6.45) is 7.79. The summed E-state index contributed by atoms with van der Waals surface area (Å²) < 4.78 is 2.53. The van der Waals surface area contributed by atoms with Crippen LogP contribution >= 0.6 is 0 Å². The highest BCUT2D eigenvalue weighted by Gasteiger charge is 2.29. The van der Waals surface area contributed by atoms with Crippen molar-refractivity contribution in [1.29, 1.82) is 0 Å². The van der Waals surface area contributed by atoms with E-state index in [1.165, 1.54) is 36.6 Å². The maximum absolute atomic E-state index is 2.53. The van der Waals surface area contributed by atoms with E-state index in [4.69, 9.17) is 0 Å². The quantitative estimate of drug-likeness (QED) is 0.671. The second kappa shape index (κ2) is 2.91. The third kappa shape index (κ3) is 1.06. The summed E-state index contributed by atoms with van der Waals surface area (Å²) in [4.78, 5) is 0.